The Hall–Kier alpha value is -6.78. The molecule has 11 rings (SSSR count). The minimum absolute atomic E-state index is 0.914. The van der Waals surface area contributed by atoms with Crippen molar-refractivity contribution < 1.29 is 0 Å². The van der Waals surface area contributed by atoms with Crippen LogP contribution in [0.25, 0.3) is 111 Å². The van der Waals surface area contributed by atoms with Gasteiger partial charge in [0.1, 0.15) is 0 Å². The quantitative estimate of drug-likeness (QED) is 0.193. The maximum atomic E-state index is 5.26. The van der Waals surface area contributed by atoms with Crippen LogP contribution in [-0.2, 0) is 7.05 Å². The van der Waals surface area contributed by atoms with E-state index in [1.807, 2.05) is 11.7 Å². The van der Waals surface area contributed by atoms with Gasteiger partial charge in [0, 0.05) is 28.9 Å². The van der Waals surface area contributed by atoms with Gasteiger partial charge < -0.3 is 0 Å². The predicted octanol–water partition coefficient (Wildman–Crippen LogP) is 12.1. The van der Waals surface area contributed by atoms with E-state index in [0.717, 1.165) is 44.3 Å². The Bertz CT molecular complexity index is 3030. The van der Waals surface area contributed by atoms with Crippen molar-refractivity contribution in [2.75, 3.05) is 0 Å². The highest BCUT2D eigenvalue weighted by molar-refractivity contribution is 6.15. The lowest BCUT2D eigenvalue weighted by atomic mass is 9.96. The molecule has 0 aliphatic heterocycles. The van der Waals surface area contributed by atoms with Crippen LogP contribution in [-0.4, -0.2) is 19.7 Å². The van der Waals surface area contributed by atoms with Crippen molar-refractivity contribution in [2.45, 2.75) is 0 Å². The number of aromatic amines is 1. The van der Waals surface area contributed by atoms with E-state index in [-0.39, 0.29) is 0 Å². The Kier molecular flexibility index (Phi) is 5.84. The van der Waals surface area contributed by atoms with Gasteiger partial charge in [0.25, 0.3) is 0 Å². The Morgan fingerprint density at radius 2 is 0.980 bits per heavy atom. The number of rotatable bonds is 4. The third-order valence-electron chi connectivity index (χ3n) is 10.7. The molecule has 0 fully saturated rings. The lowest BCUT2D eigenvalue weighted by Gasteiger charge is -2.13. The summed E-state index contributed by atoms with van der Waals surface area (Å²) >= 11 is 0. The summed E-state index contributed by atoms with van der Waals surface area (Å²) in [6.45, 7) is 0. The molecule has 10 aromatic rings. The number of aryl methyl sites for hydroxylation is 1. The summed E-state index contributed by atoms with van der Waals surface area (Å²) in [6, 6.07) is 56.9. The summed E-state index contributed by atoms with van der Waals surface area (Å²) in [5.74, 6) is 0. The van der Waals surface area contributed by atoms with Crippen LogP contribution in [0, 0.1) is 0 Å². The van der Waals surface area contributed by atoms with Crippen LogP contribution in [0.4, 0.5) is 0 Å². The largest absolute Gasteiger partial charge is 0.296 e. The van der Waals surface area contributed by atoms with E-state index >= 15 is 0 Å². The molecule has 51 heavy (non-hydrogen) atoms. The topological polar surface area (TPSA) is 46.5 Å². The highest BCUT2D eigenvalue weighted by Gasteiger charge is 2.21. The number of pyridine rings is 2. The number of hydrogen-bond acceptors (Lipinski definition) is 2. The average molecular weight is 651 g/mol. The Balaban J connectivity index is 0.955. The lowest BCUT2D eigenvalue weighted by molar-refractivity contribution is 0.762. The van der Waals surface area contributed by atoms with Crippen LogP contribution in [0.5, 0.6) is 0 Å². The second kappa shape index (κ2) is 10.6. The van der Waals surface area contributed by atoms with Crippen molar-refractivity contribution in [2.24, 2.45) is 7.05 Å². The molecule has 238 valence electrons. The molecule has 1 N–H and O–H groups in total. The first-order chi connectivity index (χ1) is 25.1. The summed E-state index contributed by atoms with van der Waals surface area (Å²) in [6.07, 6.45) is 0. The monoisotopic (exact) mass is 650 g/mol. The summed E-state index contributed by atoms with van der Waals surface area (Å²) in [5.41, 5.74) is 18.3. The molecule has 0 spiro atoms. The molecule has 7 aromatic carbocycles. The van der Waals surface area contributed by atoms with Gasteiger partial charge in [-0.15, -0.1) is 0 Å². The molecule has 0 unspecified atom stereocenters. The van der Waals surface area contributed by atoms with Crippen molar-refractivity contribution in [1.29, 1.82) is 0 Å². The number of aromatic nitrogens is 4. The second-order valence-corrected chi connectivity index (χ2v) is 13.6. The van der Waals surface area contributed by atoms with Crippen molar-refractivity contribution in [3.05, 3.63) is 158 Å². The molecule has 0 atom stereocenters. The zero-order valence-electron chi connectivity index (χ0n) is 27.9. The number of fused-ring (bicyclic) bond motifs is 7. The minimum atomic E-state index is 0.914. The SMILES string of the molecule is Cn1[nH]c2ccc(-c3ccc(-c4ccc5ccc6ccc(-c7cccc(-c8ccc9c(c8)-c8cccc%10cccc-9c8%10)c7)nc6c5n4)cc3)cc21. The molecule has 0 bridgehead atoms. The summed E-state index contributed by atoms with van der Waals surface area (Å²) in [4.78, 5) is 10.5. The molecule has 1 aliphatic carbocycles. The summed E-state index contributed by atoms with van der Waals surface area (Å²) in [7, 11) is 2.04. The minimum Gasteiger partial charge on any atom is -0.296 e. The fourth-order valence-electron chi connectivity index (χ4n) is 8.02. The smallest absolute Gasteiger partial charge is 0.0972 e. The molecular formula is C47H30N4. The highest BCUT2D eigenvalue weighted by atomic mass is 15.3. The number of H-pyrrole nitrogens is 1. The van der Waals surface area contributed by atoms with Crippen molar-refractivity contribution in [1.82, 2.24) is 19.7 Å². The third kappa shape index (κ3) is 4.33. The average Bonchev–Trinajstić information content (AvgIpc) is 3.51. The first-order valence-corrected chi connectivity index (χ1v) is 17.4. The maximum absolute atomic E-state index is 5.26. The zero-order chi connectivity index (χ0) is 33.6. The van der Waals surface area contributed by atoms with E-state index < -0.39 is 0 Å². The first-order valence-electron chi connectivity index (χ1n) is 17.4. The van der Waals surface area contributed by atoms with Crippen LogP contribution >= 0.6 is 0 Å². The Morgan fingerprint density at radius 3 is 1.73 bits per heavy atom. The van der Waals surface area contributed by atoms with E-state index in [9.17, 15) is 0 Å². The van der Waals surface area contributed by atoms with Gasteiger partial charge in [-0.25, -0.2) is 9.97 Å². The molecule has 3 aromatic heterocycles. The van der Waals surface area contributed by atoms with Gasteiger partial charge in [-0.05, 0) is 91.7 Å². The number of nitrogens with one attached hydrogen (secondary N) is 1. The second-order valence-electron chi connectivity index (χ2n) is 13.6. The molecule has 1 aliphatic rings. The standard InChI is InChI=1S/C47H30N4/c1-51-44-27-35(20-24-43(44)50-51)28-11-13-29(14-12-28)41-22-18-31-15-16-32-19-23-42(49-47(32)46(31)48-41)36-8-2-7-33(25-36)34-17-21-37-38-9-3-5-30-6-4-10-39(45(30)38)40(37)26-34/h2-27,50H,1H3. The Morgan fingerprint density at radius 1 is 0.412 bits per heavy atom. The van der Waals surface area contributed by atoms with Crippen molar-refractivity contribution >= 4 is 43.6 Å². The summed E-state index contributed by atoms with van der Waals surface area (Å²) in [5, 5.41) is 8.08. The van der Waals surface area contributed by atoms with Gasteiger partial charge in [-0.1, -0.05) is 121 Å². The maximum Gasteiger partial charge on any atom is 0.0972 e. The molecule has 0 amide bonds. The third-order valence-corrected chi connectivity index (χ3v) is 10.7. The molecule has 4 nitrogen and oxygen atoms in total. The number of hydrogen-bond donors (Lipinski definition) is 1. The van der Waals surface area contributed by atoms with Gasteiger partial charge >= 0.3 is 0 Å². The fraction of sp³-hybridized carbons (Fsp3) is 0.0213. The number of nitrogens with zero attached hydrogens (tertiary/aromatic N) is 3. The molecular weight excluding hydrogens is 621 g/mol. The predicted molar refractivity (Wildman–Crippen MR) is 212 cm³/mol. The van der Waals surface area contributed by atoms with E-state index in [0.29, 0.717) is 0 Å². The zero-order valence-corrected chi connectivity index (χ0v) is 27.9. The first kappa shape index (κ1) is 28.1. The van der Waals surface area contributed by atoms with Gasteiger partial charge in [-0.2, -0.15) is 0 Å². The fourth-order valence-corrected chi connectivity index (χ4v) is 8.02. The van der Waals surface area contributed by atoms with Crippen LogP contribution in [0.15, 0.2) is 158 Å². The molecule has 3 heterocycles. The van der Waals surface area contributed by atoms with Gasteiger partial charge in [0.2, 0.25) is 0 Å². The van der Waals surface area contributed by atoms with Gasteiger partial charge in [0.05, 0.1) is 33.5 Å². The normalized spacial score (nSPS) is 12.0. The van der Waals surface area contributed by atoms with Gasteiger partial charge in [-0.3, -0.25) is 9.78 Å². The molecule has 0 saturated heterocycles. The van der Waals surface area contributed by atoms with E-state index in [2.05, 4.69) is 163 Å². The summed E-state index contributed by atoms with van der Waals surface area (Å²) < 4.78 is 2.04. The van der Waals surface area contributed by atoms with E-state index in [1.165, 1.54) is 66.3 Å². The van der Waals surface area contributed by atoms with Crippen LogP contribution in [0.1, 0.15) is 0 Å². The van der Waals surface area contributed by atoms with Gasteiger partial charge in [0.15, 0.2) is 0 Å². The van der Waals surface area contributed by atoms with Crippen LogP contribution < -0.4 is 0 Å². The van der Waals surface area contributed by atoms with Crippen molar-refractivity contribution in [3.63, 3.8) is 0 Å². The van der Waals surface area contributed by atoms with Crippen LogP contribution in [0.3, 0.4) is 0 Å². The molecule has 0 saturated carbocycles. The van der Waals surface area contributed by atoms with E-state index in [1.54, 1.807) is 0 Å². The number of benzene rings is 7. The highest BCUT2D eigenvalue weighted by Crippen LogP contribution is 2.48. The molecule has 0 radical (unpaired) electrons. The Labute approximate surface area is 294 Å². The van der Waals surface area contributed by atoms with Crippen molar-refractivity contribution in [3.8, 4) is 67.0 Å². The molecule has 4 heteroatoms. The van der Waals surface area contributed by atoms with E-state index in [4.69, 9.17) is 9.97 Å². The van der Waals surface area contributed by atoms with Crippen LogP contribution in [0.2, 0.25) is 0 Å². The lowest BCUT2D eigenvalue weighted by Crippen LogP contribution is -2.04.